The minimum atomic E-state index is -1.57. The van der Waals surface area contributed by atoms with Gasteiger partial charge in [0.2, 0.25) is 11.8 Å². The molecular weight excluding hydrogens is 463 g/mol. The zero-order chi connectivity index (χ0) is 24.7. The Morgan fingerprint density at radius 1 is 0.882 bits per heavy atom. The van der Waals surface area contributed by atoms with E-state index in [4.69, 9.17) is 12.2 Å². The normalized spacial score (nSPS) is 20.1. The van der Waals surface area contributed by atoms with Crippen molar-refractivity contribution in [2.24, 2.45) is 5.92 Å². The van der Waals surface area contributed by atoms with E-state index in [2.05, 4.69) is 5.32 Å². The van der Waals surface area contributed by atoms with Crippen LogP contribution in [0.5, 0.6) is 0 Å². The topological polar surface area (TPSA) is 116 Å². The fourth-order valence-corrected chi connectivity index (χ4v) is 3.81. The van der Waals surface area contributed by atoms with Crippen LogP contribution in [-0.2, 0) is 19.2 Å². The summed E-state index contributed by atoms with van der Waals surface area (Å²) in [6.07, 6.45) is 0.897. The SMILES string of the molecule is Cc1ccc(N2C(=O)[C@H](/C=C3/C(=O)NC(=O)N(c4ccc(F)cc4)C3=O)C(=O)NC2=S)cc1C. The summed E-state index contributed by atoms with van der Waals surface area (Å²) in [6.45, 7) is 3.74. The average Bonchev–Trinajstić information content (AvgIpc) is 2.76. The molecule has 0 bridgehead atoms. The highest BCUT2D eigenvalue weighted by molar-refractivity contribution is 7.80. The first-order chi connectivity index (χ1) is 16.1. The summed E-state index contributed by atoms with van der Waals surface area (Å²) in [5.74, 6) is -5.89. The summed E-state index contributed by atoms with van der Waals surface area (Å²) in [7, 11) is 0. The van der Waals surface area contributed by atoms with E-state index in [1.807, 2.05) is 19.2 Å². The van der Waals surface area contributed by atoms with E-state index >= 15 is 0 Å². The lowest BCUT2D eigenvalue weighted by molar-refractivity contribution is -0.131. The van der Waals surface area contributed by atoms with Crippen LogP contribution in [0, 0.1) is 25.6 Å². The van der Waals surface area contributed by atoms with Crippen molar-refractivity contribution in [1.82, 2.24) is 10.6 Å². The Morgan fingerprint density at radius 2 is 1.53 bits per heavy atom. The molecule has 2 heterocycles. The van der Waals surface area contributed by atoms with Crippen molar-refractivity contribution in [1.29, 1.82) is 0 Å². The van der Waals surface area contributed by atoms with Gasteiger partial charge in [0.05, 0.1) is 11.4 Å². The molecule has 0 unspecified atom stereocenters. The number of nitrogens with one attached hydrogen (secondary N) is 2. The number of halogens is 1. The van der Waals surface area contributed by atoms with Crippen molar-refractivity contribution in [2.45, 2.75) is 13.8 Å². The third-order valence-electron chi connectivity index (χ3n) is 5.47. The Balaban J connectivity index is 1.71. The molecule has 0 aromatic heterocycles. The molecule has 6 amide bonds. The van der Waals surface area contributed by atoms with Crippen LogP contribution in [0.25, 0.3) is 0 Å². The van der Waals surface area contributed by atoms with E-state index in [1.54, 1.807) is 18.2 Å². The van der Waals surface area contributed by atoms with Crippen molar-refractivity contribution in [3.63, 3.8) is 0 Å². The molecule has 0 aliphatic carbocycles. The quantitative estimate of drug-likeness (QED) is 0.301. The Bertz CT molecular complexity index is 1320. The molecule has 2 aromatic carbocycles. The molecule has 1 atom stereocenters. The summed E-state index contributed by atoms with van der Waals surface area (Å²) < 4.78 is 13.3. The van der Waals surface area contributed by atoms with Gasteiger partial charge in [0, 0.05) is 0 Å². The van der Waals surface area contributed by atoms with Gasteiger partial charge < -0.3 is 5.32 Å². The number of rotatable bonds is 3. The van der Waals surface area contributed by atoms with E-state index in [-0.39, 0.29) is 10.8 Å². The number of benzene rings is 2. The standard InChI is InChI=1S/C23H17FN4O5S/c1-11-3-6-15(9-12(11)2)28-21(32)17(19(30)26-23(28)34)10-16-18(29)25-22(33)27(20(16)31)14-7-4-13(24)5-8-14/h3-10,17H,1-2H3,(H,25,29,33)(H,26,30,34)/b16-10-/t17-/m1/s1. The van der Waals surface area contributed by atoms with Gasteiger partial charge in [-0.3, -0.25) is 29.4 Å². The highest BCUT2D eigenvalue weighted by atomic mass is 32.1. The van der Waals surface area contributed by atoms with Gasteiger partial charge in [-0.05, 0) is 79.7 Å². The molecule has 0 saturated carbocycles. The molecule has 2 fully saturated rings. The first-order valence-corrected chi connectivity index (χ1v) is 10.4. The molecule has 2 aliphatic rings. The van der Waals surface area contributed by atoms with E-state index in [0.29, 0.717) is 10.6 Å². The number of hydrogen-bond acceptors (Lipinski definition) is 6. The number of thiocarbonyl (C=S) groups is 1. The summed E-state index contributed by atoms with van der Waals surface area (Å²) in [4.78, 5) is 65.3. The summed E-state index contributed by atoms with van der Waals surface area (Å²) in [5.41, 5.74) is 1.68. The van der Waals surface area contributed by atoms with Crippen molar-refractivity contribution in [2.75, 3.05) is 9.80 Å². The van der Waals surface area contributed by atoms with Crippen LogP contribution in [0.2, 0.25) is 0 Å². The fraction of sp³-hybridized carbons (Fsp3) is 0.130. The highest BCUT2D eigenvalue weighted by Crippen LogP contribution is 2.26. The van der Waals surface area contributed by atoms with E-state index in [1.165, 1.54) is 12.1 Å². The van der Waals surface area contributed by atoms with Gasteiger partial charge in [-0.2, -0.15) is 0 Å². The zero-order valence-corrected chi connectivity index (χ0v) is 18.7. The number of carbonyl (C=O) groups excluding carboxylic acids is 5. The maximum absolute atomic E-state index is 13.3. The zero-order valence-electron chi connectivity index (χ0n) is 17.9. The van der Waals surface area contributed by atoms with Crippen LogP contribution in [0.15, 0.2) is 54.1 Å². The van der Waals surface area contributed by atoms with Gasteiger partial charge >= 0.3 is 6.03 Å². The summed E-state index contributed by atoms with van der Waals surface area (Å²) in [6, 6.07) is 8.55. The predicted octanol–water partition coefficient (Wildman–Crippen LogP) is 2.02. The third-order valence-corrected chi connectivity index (χ3v) is 5.76. The number of nitrogens with zero attached hydrogens (tertiary/aromatic N) is 2. The molecule has 172 valence electrons. The lowest BCUT2D eigenvalue weighted by atomic mass is 9.98. The van der Waals surface area contributed by atoms with Crippen LogP contribution in [0.1, 0.15) is 11.1 Å². The maximum atomic E-state index is 13.3. The summed E-state index contributed by atoms with van der Waals surface area (Å²) in [5, 5.41) is 4.25. The smallest absolute Gasteiger partial charge is 0.301 e. The van der Waals surface area contributed by atoms with Crippen molar-refractivity contribution in [3.8, 4) is 0 Å². The number of barbiturate groups is 1. The van der Waals surface area contributed by atoms with E-state index < -0.39 is 47.0 Å². The fourth-order valence-electron chi connectivity index (χ4n) is 3.51. The molecule has 2 aromatic rings. The Labute approximate surface area is 198 Å². The number of imide groups is 2. The molecule has 9 nitrogen and oxygen atoms in total. The lowest BCUT2D eigenvalue weighted by Crippen LogP contribution is -2.59. The van der Waals surface area contributed by atoms with Crippen LogP contribution in [-0.4, -0.2) is 34.8 Å². The number of carbonyl (C=O) groups is 5. The number of aryl methyl sites for hydroxylation is 2. The first kappa shape index (κ1) is 22.9. The molecule has 2 aliphatic heterocycles. The number of amides is 6. The minimum absolute atomic E-state index is 0.000317. The molecule has 0 radical (unpaired) electrons. The Kier molecular flexibility index (Phi) is 5.80. The second-order valence-electron chi connectivity index (χ2n) is 7.67. The molecule has 2 saturated heterocycles. The van der Waals surface area contributed by atoms with Gasteiger partial charge in [-0.15, -0.1) is 0 Å². The summed E-state index contributed by atoms with van der Waals surface area (Å²) >= 11 is 5.17. The first-order valence-electron chi connectivity index (χ1n) is 10.0. The number of anilines is 2. The van der Waals surface area contributed by atoms with Crippen LogP contribution >= 0.6 is 12.2 Å². The van der Waals surface area contributed by atoms with Crippen molar-refractivity contribution < 1.29 is 28.4 Å². The van der Waals surface area contributed by atoms with Crippen LogP contribution < -0.4 is 20.4 Å². The molecule has 2 N–H and O–H groups in total. The van der Waals surface area contributed by atoms with E-state index in [9.17, 15) is 28.4 Å². The molecule has 0 spiro atoms. The number of urea groups is 1. The molecule has 11 heteroatoms. The lowest BCUT2D eigenvalue weighted by Gasteiger charge is -2.32. The maximum Gasteiger partial charge on any atom is 0.335 e. The van der Waals surface area contributed by atoms with Gasteiger partial charge in [0.15, 0.2) is 5.11 Å². The second-order valence-corrected chi connectivity index (χ2v) is 8.06. The average molecular weight is 480 g/mol. The monoisotopic (exact) mass is 480 g/mol. The van der Waals surface area contributed by atoms with E-state index in [0.717, 1.165) is 34.2 Å². The molecule has 4 rings (SSSR count). The third kappa shape index (κ3) is 3.97. The van der Waals surface area contributed by atoms with Crippen LogP contribution in [0.3, 0.4) is 0 Å². The van der Waals surface area contributed by atoms with Crippen LogP contribution in [0.4, 0.5) is 20.6 Å². The van der Waals surface area contributed by atoms with Crippen molar-refractivity contribution >= 4 is 58.4 Å². The number of hydrogen-bond donors (Lipinski definition) is 2. The molecule has 34 heavy (non-hydrogen) atoms. The highest BCUT2D eigenvalue weighted by Gasteiger charge is 2.42. The second kappa shape index (κ2) is 8.60. The van der Waals surface area contributed by atoms with Gasteiger partial charge in [-0.1, -0.05) is 6.07 Å². The molecular formula is C23H17FN4O5S. The van der Waals surface area contributed by atoms with Gasteiger partial charge in [0.25, 0.3) is 11.8 Å². The predicted molar refractivity (Wildman–Crippen MR) is 123 cm³/mol. The van der Waals surface area contributed by atoms with Crippen molar-refractivity contribution in [3.05, 3.63) is 71.1 Å². The van der Waals surface area contributed by atoms with Gasteiger partial charge in [0.1, 0.15) is 17.3 Å². The Morgan fingerprint density at radius 3 is 2.18 bits per heavy atom. The minimum Gasteiger partial charge on any atom is -0.301 e. The largest absolute Gasteiger partial charge is 0.335 e. The van der Waals surface area contributed by atoms with Gasteiger partial charge in [-0.25, -0.2) is 14.1 Å². The Hall–Kier alpha value is -4.25.